The summed E-state index contributed by atoms with van der Waals surface area (Å²) in [7, 11) is 1.94. The molecule has 0 spiro atoms. The van der Waals surface area contributed by atoms with Crippen LogP contribution in [0.3, 0.4) is 0 Å². The van der Waals surface area contributed by atoms with Crippen LogP contribution in [-0.2, 0) is 11.2 Å². The zero-order valence-electron chi connectivity index (χ0n) is 16.2. The van der Waals surface area contributed by atoms with Gasteiger partial charge in [0.2, 0.25) is 5.91 Å². The number of aromatic nitrogens is 1. The maximum Gasteiger partial charge on any atom is 0.273 e. The van der Waals surface area contributed by atoms with Crippen molar-refractivity contribution >= 4 is 23.2 Å². The lowest BCUT2D eigenvalue weighted by molar-refractivity contribution is -0.134. The highest BCUT2D eigenvalue weighted by molar-refractivity contribution is 7.09. The van der Waals surface area contributed by atoms with Crippen LogP contribution in [0.2, 0.25) is 0 Å². The molecule has 1 aromatic heterocycles. The molecule has 2 amide bonds. The van der Waals surface area contributed by atoms with E-state index in [-0.39, 0.29) is 11.8 Å². The molecule has 2 fully saturated rings. The fourth-order valence-electron chi connectivity index (χ4n) is 3.89. The van der Waals surface area contributed by atoms with Crippen LogP contribution in [0.1, 0.15) is 47.6 Å². The first kappa shape index (κ1) is 20.2. The summed E-state index contributed by atoms with van der Waals surface area (Å²) in [5.41, 5.74) is 6.07. The third-order valence-corrected chi connectivity index (χ3v) is 6.57. The van der Waals surface area contributed by atoms with E-state index in [4.69, 9.17) is 5.73 Å². The summed E-state index contributed by atoms with van der Waals surface area (Å²) in [6, 6.07) is 0.404. The predicted octanol–water partition coefficient (Wildman–Crippen LogP) is 1.19. The number of hydrogen-bond acceptors (Lipinski definition) is 6. The molecule has 1 aromatic rings. The third kappa shape index (κ3) is 5.27. The van der Waals surface area contributed by atoms with E-state index >= 15 is 0 Å². The van der Waals surface area contributed by atoms with Gasteiger partial charge in [-0.05, 0) is 19.4 Å². The van der Waals surface area contributed by atoms with Crippen LogP contribution in [0.4, 0.5) is 0 Å². The minimum atomic E-state index is -0.0141. The van der Waals surface area contributed by atoms with Crippen molar-refractivity contribution < 1.29 is 9.59 Å². The molecule has 8 heteroatoms. The van der Waals surface area contributed by atoms with Crippen molar-refractivity contribution in [3.8, 4) is 0 Å². The highest BCUT2D eigenvalue weighted by atomic mass is 32.1. The highest BCUT2D eigenvalue weighted by Gasteiger charge is 2.27. The van der Waals surface area contributed by atoms with Crippen molar-refractivity contribution in [2.75, 3.05) is 46.3 Å². The molecule has 2 N–H and O–H groups in total. The molecule has 1 aliphatic carbocycles. The molecule has 0 radical (unpaired) electrons. The average Bonchev–Trinajstić information content (AvgIpc) is 3.17. The topological polar surface area (TPSA) is 82.8 Å². The molecular formula is C19H31N5O2S. The second kappa shape index (κ2) is 9.61. The lowest BCUT2D eigenvalue weighted by atomic mass is 9.94. The summed E-state index contributed by atoms with van der Waals surface area (Å²) in [5, 5.41) is 2.73. The lowest BCUT2D eigenvalue weighted by Gasteiger charge is -2.36. The number of nitrogens with two attached hydrogens (primary N) is 1. The zero-order chi connectivity index (χ0) is 19.2. The van der Waals surface area contributed by atoms with E-state index in [1.807, 2.05) is 22.2 Å². The molecule has 1 aliphatic heterocycles. The monoisotopic (exact) mass is 393 g/mol. The number of hydrogen-bond donors (Lipinski definition) is 1. The van der Waals surface area contributed by atoms with Crippen LogP contribution in [0, 0.1) is 0 Å². The number of carbonyl (C=O) groups is 2. The summed E-state index contributed by atoms with van der Waals surface area (Å²) in [6.07, 6.45) is 6.72. The van der Waals surface area contributed by atoms with Gasteiger partial charge in [-0.3, -0.25) is 14.5 Å². The molecule has 150 valence electrons. The van der Waals surface area contributed by atoms with Gasteiger partial charge in [-0.15, -0.1) is 11.3 Å². The average molecular weight is 394 g/mol. The van der Waals surface area contributed by atoms with E-state index < -0.39 is 0 Å². The summed E-state index contributed by atoms with van der Waals surface area (Å²) < 4.78 is 0. The summed E-state index contributed by atoms with van der Waals surface area (Å²) in [5.74, 6) is 0.187. The molecule has 7 nitrogen and oxygen atoms in total. The molecule has 2 heterocycles. The largest absolute Gasteiger partial charge is 0.342 e. The highest BCUT2D eigenvalue weighted by Crippen LogP contribution is 2.22. The van der Waals surface area contributed by atoms with Gasteiger partial charge in [0.1, 0.15) is 5.69 Å². The minimum absolute atomic E-state index is 0.0141. The Hall–Kier alpha value is -1.51. The molecule has 0 aromatic carbocycles. The molecule has 0 atom stereocenters. The number of amides is 2. The standard InChI is InChI=1S/C19H31N5O2S/c1-22(15-5-3-2-4-6-15)18(25)13-23-9-11-24(12-10-23)19(26)16-14-27-17(21-16)7-8-20/h14-15H,2-13,20H2,1H3. The number of rotatable bonds is 6. The van der Waals surface area contributed by atoms with Gasteiger partial charge in [0.15, 0.2) is 0 Å². The lowest BCUT2D eigenvalue weighted by Crippen LogP contribution is -2.52. The van der Waals surface area contributed by atoms with Crippen molar-refractivity contribution in [2.45, 2.75) is 44.6 Å². The van der Waals surface area contributed by atoms with Crippen molar-refractivity contribution in [1.29, 1.82) is 0 Å². The Labute approximate surface area is 165 Å². The smallest absolute Gasteiger partial charge is 0.273 e. The summed E-state index contributed by atoms with van der Waals surface area (Å²) >= 11 is 1.49. The van der Waals surface area contributed by atoms with E-state index in [0.29, 0.717) is 44.3 Å². The van der Waals surface area contributed by atoms with E-state index in [9.17, 15) is 9.59 Å². The normalized spacial score (nSPS) is 19.3. The maximum atomic E-state index is 12.6. The van der Waals surface area contributed by atoms with Gasteiger partial charge in [-0.25, -0.2) is 4.98 Å². The molecule has 1 saturated carbocycles. The Balaban J connectivity index is 1.45. The molecule has 27 heavy (non-hydrogen) atoms. The van der Waals surface area contributed by atoms with Gasteiger partial charge >= 0.3 is 0 Å². The Morgan fingerprint density at radius 2 is 1.93 bits per heavy atom. The van der Waals surface area contributed by atoms with Crippen LogP contribution in [0.15, 0.2) is 5.38 Å². The van der Waals surface area contributed by atoms with Gasteiger partial charge in [0.05, 0.1) is 11.6 Å². The van der Waals surface area contributed by atoms with Crippen LogP contribution in [0.5, 0.6) is 0 Å². The number of thiazole rings is 1. The maximum absolute atomic E-state index is 12.6. The van der Waals surface area contributed by atoms with Crippen LogP contribution < -0.4 is 5.73 Å². The van der Waals surface area contributed by atoms with Crippen molar-refractivity contribution in [3.63, 3.8) is 0 Å². The fraction of sp³-hybridized carbons (Fsp3) is 0.737. The van der Waals surface area contributed by atoms with Crippen molar-refractivity contribution in [3.05, 3.63) is 16.1 Å². The van der Waals surface area contributed by atoms with Gasteiger partial charge in [-0.1, -0.05) is 19.3 Å². The first-order valence-electron chi connectivity index (χ1n) is 10.00. The quantitative estimate of drug-likeness (QED) is 0.785. The fourth-order valence-corrected chi connectivity index (χ4v) is 4.68. The molecular weight excluding hydrogens is 362 g/mol. The Kier molecular flexibility index (Phi) is 7.20. The first-order chi connectivity index (χ1) is 13.1. The number of piperazine rings is 1. The van der Waals surface area contributed by atoms with Crippen molar-refractivity contribution in [2.24, 2.45) is 5.73 Å². The van der Waals surface area contributed by atoms with Gasteiger partial charge in [0, 0.05) is 51.1 Å². The van der Waals surface area contributed by atoms with Crippen LogP contribution in [0.25, 0.3) is 0 Å². The number of carbonyl (C=O) groups excluding carboxylic acids is 2. The zero-order valence-corrected chi connectivity index (χ0v) is 17.0. The molecule has 2 aliphatic rings. The molecule has 3 rings (SSSR count). The SMILES string of the molecule is CN(C(=O)CN1CCN(C(=O)c2csc(CCN)n2)CC1)C1CCCCC1. The third-order valence-electron chi connectivity index (χ3n) is 5.66. The van der Waals surface area contributed by atoms with E-state index in [2.05, 4.69) is 9.88 Å². The Bertz CT molecular complexity index is 636. The second-order valence-corrected chi connectivity index (χ2v) is 8.47. The van der Waals surface area contributed by atoms with Gasteiger partial charge < -0.3 is 15.5 Å². The molecule has 0 bridgehead atoms. The van der Waals surface area contributed by atoms with Crippen LogP contribution in [-0.4, -0.2) is 83.9 Å². The Morgan fingerprint density at radius 3 is 2.59 bits per heavy atom. The van der Waals surface area contributed by atoms with E-state index in [1.54, 1.807) is 0 Å². The number of nitrogens with zero attached hydrogens (tertiary/aromatic N) is 4. The van der Waals surface area contributed by atoms with Crippen LogP contribution >= 0.6 is 11.3 Å². The van der Waals surface area contributed by atoms with Crippen molar-refractivity contribution in [1.82, 2.24) is 19.7 Å². The Morgan fingerprint density at radius 1 is 1.22 bits per heavy atom. The first-order valence-corrected chi connectivity index (χ1v) is 10.9. The molecule has 0 unspecified atom stereocenters. The van der Waals surface area contributed by atoms with E-state index in [1.165, 1.54) is 30.6 Å². The molecule has 1 saturated heterocycles. The van der Waals surface area contributed by atoms with Gasteiger partial charge in [-0.2, -0.15) is 0 Å². The minimum Gasteiger partial charge on any atom is -0.342 e. The predicted molar refractivity (Wildman–Crippen MR) is 107 cm³/mol. The van der Waals surface area contributed by atoms with E-state index in [0.717, 1.165) is 30.9 Å². The summed E-state index contributed by atoms with van der Waals surface area (Å²) in [4.78, 5) is 35.5. The second-order valence-electron chi connectivity index (χ2n) is 7.53. The van der Waals surface area contributed by atoms with Gasteiger partial charge in [0.25, 0.3) is 5.91 Å². The summed E-state index contributed by atoms with van der Waals surface area (Å²) in [6.45, 7) is 3.74. The number of likely N-dealkylation sites (N-methyl/N-ethyl adjacent to an activating group) is 1.